The largest absolute Gasteiger partial charge is 0.481 e. The molecule has 32 heavy (non-hydrogen) atoms. The highest BCUT2D eigenvalue weighted by molar-refractivity contribution is 5.93. The zero-order chi connectivity index (χ0) is 23.6. The maximum atomic E-state index is 12.2. The number of rotatable bonds is 19. The van der Waals surface area contributed by atoms with Crippen molar-refractivity contribution in [3.8, 4) is 0 Å². The first-order chi connectivity index (χ1) is 15.5. The summed E-state index contributed by atoms with van der Waals surface area (Å²) in [6, 6.07) is 8.62. The van der Waals surface area contributed by atoms with Crippen LogP contribution in [-0.4, -0.2) is 29.7 Å². The molecule has 0 bridgehead atoms. The highest BCUT2D eigenvalue weighted by atomic mass is 16.5. The molecule has 1 aromatic carbocycles. The molecule has 0 aliphatic carbocycles. The molecule has 0 amide bonds. The molecule has 1 rings (SSSR count). The van der Waals surface area contributed by atoms with Gasteiger partial charge in [0.2, 0.25) is 0 Å². The minimum atomic E-state index is -1.12. The van der Waals surface area contributed by atoms with Gasteiger partial charge >= 0.3 is 11.9 Å². The maximum absolute atomic E-state index is 12.2. The topological polar surface area (TPSA) is 75.6 Å². The molecule has 2 atom stereocenters. The van der Waals surface area contributed by atoms with Gasteiger partial charge in [0.25, 0.3) is 0 Å². The Morgan fingerprint density at radius 2 is 1.47 bits per heavy atom. The number of benzene rings is 1. The molecule has 1 aromatic rings. The quantitative estimate of drug-likeness (QED) is 0.148. The SMILES string of the molecule is CCCCCCCCCc1ccc(CNC(CC)CC(C(=O)O)C(=O)OCCCC)cc1. The monoisotopic (exact) mass is 447 g/mol. The van der Waals surface area contributed by atoms with Gasteiger partial charge in [-0.2, -0.15) is 0 Å². The normalized spacial score (nSPS) is 13.0. The van der Waals surface area contributed by atoms with Crippen molar-refractivity contribution in [1.82, 2.24) is 5.32 Å². The van der Waals surface area contributed by atoms with Gasteiger partial charge in [-0.1, -0.05) is 90.0 Å². The predicted octanol–water partition coefficient (Wildman–Crippen LogP) is 6.28. The van der Waals surface area contributed by atoms with Crippen LogP contribution in [-0.2, 0) is 27.3 Å². The summed E-state index contributed by atoms with van der Waals surface area (Å²) >= 11 is 0. The van der Waals surface area contributed by atoms with Crippen LogP contribution in [0.4, 0.5) is 0 Å². The van der Waals surface area contributed by atoms with Gasteiger partial charge in [0.15, 0.2) is 5.92 Å². The van der Waals surface area contributed by atoms with Gasteiger partial charge in [-0.3, -0.25) is 9.59 Å². The summed E-state index contributed by atoms with van der Waals surface area (Å²) in [5.41, 5.74) is 2.54. The molecule has 0 fully saturated rings. The number of hydrogen-bond donors (Lipinski definition) is 2. The summed E-state index contributed by atoms with van der Waals surface area (Å²) < 4.78 is 5.14. The summed E-state index contributed by atoms with van der Waals surface area (Å²) in [5, 5.41) is 12.9. The summed E-state index contributed by atoms with van der Waals surface area (Å²) in [7, 11) is 0. The zero-order valence-electron chi connectivity index (χ0n) is 20.5. The number of ether oxygens (including phenoxy) is 1. The van der Waals surface area contributed by atoms with Crippen LogP contribution in [0.2, 0.25) is 0 Å². The number of esters is 1. The van der Waals surface area contributed by atoms with Crippen LogP contribution in [0.1, 0.15) is 103 Å². The molecule has 0 saturated carbocycles. The standard InChI is InChI=1S/C27H45NO4/c1-4-7-9-10-11-12-13-14-22-15-17-23(18-16-22)21-28-24(6-3)20-25(26(29)30)27(31)32-19-8-5-2/h15-18,24-25,28H,4-14,19-21H2,1-3H3,(H,29,30). The van der Waals surface area contributed by atoms with Gasteiger partial charge in [-0.05, 0) is 43.2 Å². The molecular weight excluding hydrogens is 402 g/mol. The van der Waals surface area contributed by atoms with Crippen molar-refractivity contribution in [3.63, 3.8) is 0 Å². The minimum absolute atomic E-state index is 0.0535. The van der Waals surface area contributed by atoms with Crippen molar-refractivity contribution in [2.45, 2.75) is 110 Å². The van der Waals surface area contributed by atoms with E-state index >= 15 is 0 Å². The zero-order valence-corrected chi connectivity index (χ0v) is 20.5. The maximum Gasteiger partial charge on any atom is 0.320 e. The van der Waals surface area contributed by atoms with Gasteiger partial charge in [0.05, 0.1) is 6.61 Å². The highest BCUT2D eigenvalue weighted by Crippen LogP contribution is 2.15. The predicted molar refractivity (Wildman–Crippen MR) is 131 cm³/mol. The molecule has 0 aliphatic rings. The number of carbonyl (C=O) groups excluding carboxylic acids is 1. The fourth-order valence-corrected chi connectivity index (χ4v) is 3.77. The number of unbranched alkanes of at least 4 members (excludes halogenated alkanes) is 7. The number of carboxylic acid groups (broad SMARTS) is 1. The molecule has 0 aliphatic heterocycles. The third kappa shape index (κ3) is 12.2. The Hall–Kier alpha value is -1.88. The molecule has 0 radical (unpaired) electrons. The molecule has 0 aromatic heterocycles. The summed E-state index contributed by atoms with van der Waals surface area (Å²) in [4.78, 5) is 23.7. The van der Waals surface area contributed by atoms with Crippen LogP contribution in [0.3, 0.4) is 0 Å². The fourth-order valence-electron chi connectivity index (χ4n) is 3.77. The van der Waals surface area contributed by atoms with Gasteiger partial charge < -0.3 is 15.2 Å². The molecule has 2 unspecified atom stereocenters. The lowest BCUT2D eigenvalue weighted by Gasteiger charge is -2.20. The van der Waals surface area contributed by atoms with Gasteiger partial charge in [0, 0.05) is 12.6 Å². The third-order valence-electron chi connectivity index (χ3n) is 6.02. The van der Waals surface area contributed by atoms with Crippen molar-refractivity contribution in [1.29, 1.82) is 0 Å². The minimum Gasteiger partial charge on any atom is -0.481 e. The van der Waals surface area contributed by atoms with E-state index in [1.54, 1.807) is 0 Å². The van der Waals surface area contributed by atoms with Crippen LogP contribution in [0.15, 0.2) is 24.3 Å². The van der Waals surface area contributed by atoms with Gasteiger partial charge in [-0.15, -0.1) is 0 Å². The lowest BCUT2D eigenvalue weighted by Crippen LogP contribution is -2.36. The van der Waals surface area contributed by atoms with Crippen molar-refractivity contribution in [2.24, 2.45) is 5.92 Å². The average molecular weight is 448 g/mol. The average Bonchev–Trinajstić information content (AvgIpc) is 2.79. The Morgan fingerprint density at radius 3 is 2.06 bits per heavy atom. The Kier molecular flexibility index (Phi) is 15.5. The number of hydrogen-bond acceptors (Lipinski definition) is 4. The van der Waals surface area contributed by atoms with Crippen molar-refractivity contribution < 1.29 is 19.4 Å². The number of nitrogens with one attached hydrogen (secondary N) is 1. The van der Waals surface area contributed by atoms with Crippen LogP contribution in [0.5, 0.6) is 0 Å². The molecule has 5 nitrogen and oxygen atoms in total. The summed E-state index contributed by atoms with van der Waals surface area (Å²) in [6.07, 6.45) is 13.0. The second kappa shape index (κ2) is 17.6. The first-order valence-electron chi connectivity index (χ1n) is 12.7. The molecule has 0 spiro atoms. The first-order valence-corrected chi connectivity index (χ1v) is 12.7. The van der Waals surface area contributed by atoms with Crippen molar-refractivity contribution in [2.75, 3.05) is 6.61 Å². The van der Waals surface area contributed by atoms with Crippen LogP contribution in [0, 0.1) is 5.92 Å². The van der Waals surface area contributed by atoms with Crippen LogP contribution in [0.25, 0.3) is 0 Å². The molecule has 0 heterocycles. The van der Waals surface area contributed by atoms with E-state index < -0.39 is 17.9 Å². The Bertz CT molecular complexity index is 629. The van der Waals surface area contributed by atoms with Crippen molar-refractivity contribution >= 4 is 11.9 Å². The summed E-state index contributed by atoms with van der Waals surface area (Å²) in [6.45, 7) is 7.20. The second-order valence-corrected chi connectivity index (χ2v) is 8.82. The summed E-state index contributed by atoms with van der Waals surface area (Å²) in [5.74, 6) is -2.85. The second-order valence-electron chi connectivity index (χ2n) is 8.82. The van der Waals surface area contributed by atoms with Gasteiger partial charge in [-0.25, -0.2) is 0 Å². The molecule has 2 N–H and O–H groups in total. The fraction of sp³-hybridized carbons (Fsp3) is 0.704. The first kappa shape index (κ1) is 28.2. The Morgan fingerprint density at radius 1 is 0.875 bits per heavy atom. The van der Waals surface area contributed by atoms with E-state index in [1.165, 1.54) is 56.1 Å². The van der Waals surface area contributed by atoms with Crippen LogP contribution >= 0.6 is 0 Å². The van der Waals surface area contributed by atoms with E-state index in [9.17, 15) is 14.7 Å². The Balaban J connectivity index is 2.40. The highest BCUT2D eigenvalue weighted by Gasteiger charge is 2.30. The van der Waals surface area contributed by atoms with E-state index in [4.69, 9.17) is 4.74 Å². The van der Waals surface area contributed by atoms with Crippen LogP contribution < -0.4 is 5.32 Å². The van der Waals surface area contributed by atoms with E-state index in [2.05, 4.69) is 36.5 Å². The number of aliphatic carboxylic acids is 1. The van der Waals surface area contributed by atoms with E-state index in [-0.39, 0.29) is 19.1 Å². The lowest BCUT2D eigenvalue weighted by atomic mass is 9.98. The lowest BCUT2D eigenvalue weighted by molar-refractivity contribution is -0.159. The number of carbonyl (C=O) groups is 2. The molecule has 0 saturated heterocycles. The van der Waals surface area contributed by atoms with E-state index in [0.717, 1.165) is 25.7 Å². The molecule has 182 valence electrons. The van der Waals surface area contributed by atoms with Gasteiger partial charge in [0.1, 0.15) is 0 Å². The number of aryl methyl sites for hydroxylation is 1. The number of carboxylic acids is 1. The molecular formula is C27H45NO4. The van der Waals surface area contributed by atoms with E-state index in [0.29, 0.717) is 6.54 Å². The Labute approximate surface area is 195 Å². The van der Waals surface area contributed by atoms with Crippen molar-refractivity contribution in [3.05, 3.63) is 35.4 Å². The van der Waals surface area contributed by atoms with E-state index in [1.807, 2.05) is 13.8 Å². The smallest absolute Gasteiger partial charge is 0.320 e. The molecule has 5 heteroatoms. The third-order valence-corrected chi connectivity index (χ3v) is 6.02.